The Labute approximate surface area is 197 Å². The maximum absolute atomic E-state index is 12.5. The SMILES string of the molecule is CCc1sc(C(=O)C(C#N)C(=O)Nc2ccccc2Cl)cc1C.CN(C)c1ccncc1. The fourth-order valence-electron chi connectivity index (χ4n) is 2.78. The van der Waals surface area contributed by atoms with Crippen LogP contribution in [0, 0.1) is 24.2 Å². The summed E-state index contributed by atoms with van der Waals surface area (Å²) in [5.41, 5.74) is 2.57. The van der Waals surface area contributed by atoms with E-state index in [-0.39, 0.29) is 0 Å². The number of benzene rings is 1. The number of hydrogen-bond donors (Lipinski definition) is 1. The van der Waals surface area contributed by atoms with E-state index in [4.69, 9.17) is 11.6 Å². The van der Waals surface area contributed by atoms with Gasteiger partial charge in [0.25, 0.3) is 0 Å². The number of anilines is 2. The Hall–Kier alpha value is -3.21. The number of Topliss-reactive ketones (excluding diaryl/α,β-unsaturated/α-hetero) is 1. The number of carbonyl (C=O) groups excluding carboxylic acids is 2. The number of thiophene rings is 1. The fourth-order valence-corrected chi connectivity index (χ4v) is 4.05. The Morgan fingerprint density at radius 2 is 1.88 bits per heavy atom. The van der Waals surface area contributed by atoms with Crippen LogP contribution in [0.1, 0.15) is 27.0 Å². The third-order valence-corrected chi connectivity index (χ3v) is 6.27. The average molecular weight is 469 g/mol. The van der Waals surface area contributed by atoms with E-state index < -0.39 is 17.6 Å². The summed E-state index contributed by atoms with van der Waals surface area (Å²) in [7, 11) is 4.02. The molecule has 6 nitrogen and oxygen atoms in total. The molecule has 3 aromatic rings. The second-order valence-corrected chi connectivity index (χ2v) is 8.61. The van der Waals surface area contributed by atoms with E-state index in [1.165, 1.54) is 17.0 Å². The Morgan fingerprint density at radius 1 is 1.22 bits per heavy atom. The zero-order valence-corrected chi connectivity index (χ0v) is 20.0. The molecule has 2 aromatic heterocycles. The molecule has 0 saturated carbocycles. The Bertz CT molecular complexity index is 1110. The van der Waals surface area contributed by atoms with Crippen molar-refractivity contribution in [2.75, 3.05) is 24.3 Å². The van der Waals surface area contributed by atoms with Gasteiger partial charge in [-0.2, -0.15) is 5.26 Å². The first-order chi connectivity index (χ1) is 15.3. The molecule has 0 bridgehead atoms. The van der Waals surface area contributed by atoms with Gasteiger partial charge in [-0.3, -0.25) is 14.6 Å². The van der Waals surface area contributed by atoms with Gasteiger partial charge in [-0.25, -0.2) is 0 Å². The number of nitrogens with one attached hydrogen (secondary N) is 1. The number of ketones is 1. The first-order valence-electron chi connectivity index (χ1n) is 9.94. The molecule has 1 unspecified atom stereocenters. The lowest BCUT2D eigenvalue weighted by atomic mass is 10.0. The molecule has 3 rings (SSSR count). The van der Waals surface area contributed by atoms with E-state index in [0.717, 1.165) is 16.9 Å². The van der Waals surface area contributed by atoms with Crippen LogP contribution in [0.2, 0.25) is 5.02 Å². The predicted octanol–water partition coefficient (Wildman–Crippen LogP) is 5.38. The number of halogens is 1. The molecule has 1 amide bonds. The molecule has 2 heterocycles. The number of pyridine rings is 1. The quantitative estimate of drug-likeness (QED) is 0.387. The number of amides is 1. The molecule has 1 N–H and O–H groups in total. The molecule has 0 aliphatic heterocycles. The van der Waals surface area contributed by atoms with Gasteiger partial charge in [0.2, 0.25) is 5.91 Å². The monoisotopic (exact) mass is 468 g/mol. The van der Waals surface area contributed by atoms with Gasteiger partial charge in [0.15, 0.2) is 11.7 Å². The van der Waals surface area contributed by atoms with E-state index >= 15 is 0 Å². The molecule has 166 valence electrons. The third kappa shape index (κ3) is 6.64. The van der Waals surface area contributed by atoms with Crippen molar-refractivity contribution in [3.63, 3.8) is 0 Å². The molecule has 0 aliphatic rings. The number of hydrogen-bond acceptors (Lipinski definition) is 6. The smallest absolute Gasteiger partial charge is 0.249 e. The van der Waals surface area contributed by atoms with E-state index in [1.807, 2.05) is 45.0 Å². The lowest BCUT2D eigenvalue weighted by Crippen LogP contribution is -2.28. The highest BCUT2D eigenvalue weighted by Crippen LogP contribution is 2.26. The zero-order chi connectivity index (χ0) is 23.7. The minimum atomic E-state index is -1.39. The molecule has 8 heteroatoms. The maximum Gasteiger partial charge on any atom is 0.249 e. The van der Waals surface area contributed by atoms with Crippen molar-refractivity contribution in [2.45, 2.75) is 20.3 Å². The molecule has 0 fully saturated rings. The highest BCUT2D eigenvalue weighted by atomic mass is 35.5. The van der Waals surface area contributed by atoms with Crippen molar-refractivity contribution >= 4 is 46.0 Å². The van der Waals surface area contributed by atoms with E-state index in [1.54, 1.807) is 48.8 Å². The second kappa shape index (κ2) is 12.0. The summed E-state index contributed by atoms with van der Waals surface area (Å²) in [4.78, 5) is 32.2. The fraction of sp³-hybridized carbons (Fsp3) is 0.250. The van der Waals surface area contributed by atoms with Gasteiger partial charge in [0.1, 0.15) is 0 Å². The number of rotatable bonds is 6. The Kier molecular flexibility index (Phi) is 9.39. The number of para-hydroxylation sites is 1. The van der Waals surface area contributed by atoms with Crippen LogP contribution in [0.25, 0.3) is 0 Å². The molecule has 0 saturated heterocycles. The van der Waals surface area contributed by atoms with Gasteiger partial charge >= 0.3 is 0 Å². The van der Waals surface area contributed by atoms with Crippen LogP contribution in [-0.2, 0) is 11.2 Å². The number of nitriles is 1. The number of carbonyl (C=O) groups is 2. The summed E-state index contributed by atoms with van der Waals surface area (Å²) in [6, 6.07) is 14.1. The highest BCUT2D eigenvalue weighted by molar-refractivity contribution is 7.14. The molecule has 0 aliphatic carbocycles. The van der Waals surface area contributed by atoms with Crippen LogP contribution in [0.15, 0.2) is 54.9 Å². The van der Waals surface area contributed by atoms with Gasteiger partial charge in [0.05, 0.1) is 21.7 Å². The normalized spacial score (nSPS) is 10.9. The topological polar surface area (TPSA) is 86.1 Å². The number of aryl methyl sites for hydroxylation is 2. The molecule has 1 atom stereocenters. The summed E-state index contributed by atoms with van der Waals surface area (Å²) in [5, 5.41) is 12.1. The van der Waals surface area contributed by atoms with Crippen LogP contribution in [-0.4, -0.2) is 30.8 Å². The van der Waals surface area contributed by atoms with Gasteiger partial charge in [-0.05, 0) is 49.2 Å². The van der Waals surface area contributed by atoms with Gasteiger partial charge in [-0.1, -0.05) is 30.7 Å². The lowest BCUT2D eigenvalue weighted by molar-refractivity contribution is -0.117. The molecule has 0 radical (unpaired) electrons. The van der Waals surface area contributed by atoms with Crippen LogP contribution in [0.5, 0.6) is 0 Å². The standard InChI is InChI=1S/C17H15ClN2O2S.C7H10N2/c1-3-14-10(2)8-15(23-14)16(21)11(9-19)17(22)20-13-7-5-4-6-12(13)18;1-9(2)7-3-5-8-6-4-7/h4-8,11H,3H2,1-2H3,(H,20,22);3-6H,1-2H3. The second-order valence-electron chi connectivity index (χ2n) is 7.07. The zero-order valence-electron chi connectivity index (χ0n) is 18.4. The first kappa shape index (κ1) is 25.1. The van der Waals surface area contributed by atoms with Crippen LogP contribution >= 0.6 is 22.9 Å². The number of nitrogens with zero attached hydrogens (tertiary/aromatic N) is 3. The van der Waals surface area contributed by atoms with Crippen molar-refractivity contribution < 1.29 is 9.59 Å². The lowest BCUT2D eigenvalue weighted by Gasteiger charge is -2.10. The van der Waals surface area contributed by atoms with E-state index in [2.05, 4.69) is 10.3 Å². The van der Waals surface area contributed by atoms with Gasteiger partial charge < -0.3 is 10.2 Å². The van der Waals surface area contributed by atoms with Crippen molar-refractivity contribution in [1.82, 2.24) is 4.98 Å². The van der Waals surface area contributed by atoms with E-state index in [0.29, 0.717) is 15.6 Å². The van der Waals surface area contributed by atoms with Crippen LogP contribution < -0.4 is 10.2 Å². The molecular weight excluding hydrogens is 444 g/mol. The van der Waals surface area contributed by atoms with Crippen molar-refractivity contribution in [3.05, 3.63) is 75.2 Å². The van der Waals surface area contributed by atoms with Crippen LogP contribution in [0.4, 0.5) is 11.4 Å². The summed E-state index contributed by atoms with van der Waals surface area (Å²) in [5.74, 6) is -2.55. The highest BCUT2D eigenvalue weighted by Gasteiger charge is 2.29. The average Bonchev–Trinajstić information content (AvgIpc) is 3.17. The maximum atomic E-state index is 12.5. The summed E-state index contributed by atoms with van der Waals surface area (Å²) in [6.45, 7) is 3.91. The summed E-state index contributed by atoms with van der Waals surface area (Å²) < 4.78 is 0. The predicted molar refractivity (Wildman–Crippen MR) is 131 cm³/mol. The van der Waals surface area contributed by atoms with Crippen molar-refractivity contribution in [1.29, 1.82) is 5.26 Å². The van der Waals surface area contributed by atoms with Crippen molar-refractivity contribution in [2.24, 2.45) is 5.92 Å². The molecule has 0 spiro atoms. The molecule has 32 heavy (non-hydrogen) atoms. The summed E-state index contributed by atoms with van der Waals surface area (Å²) in [6.07, 6.45) is 4.39. The van der Waals surface area contributed by atoms with Crippen molar-refractivity contribution in [3.8, 4) is 6.07 Å². The van der Waals surface area contributed by atoms with E-state index in [9.17, 15) is 14.9 Å². The first-order valence-corrected chi connectivity index (χ1v) is 11.1. The Balaban J connectivity index is 0.000000336. The minimum Gasteiger partial charge on any atom is -0.378 e. The minimum absolute atomic E-state index is 0.352. The van der Waals surface area contributed by atoms with Crippen LogP contribution in [0.3, 0.4) is 0 Å². The Morgan fingerprint density at radius 3 is 2.38 bits per heavy atom. The molecule has 1 aromatic carbocycles. The van der Waals surface area contributed by atoms with Gasteiger partial charge in [-0.15, -0.1) is 11.3 Å². The molecular formula is C24H25ClN4O2S. The van der Waals surface area contributed by atoms with Gasteiger partial charge in [0, 0.05) is 37.1 Å². The largest absolute Gasteiger partial charge is 0.378 e. The summed E-state index contributed by atoms with van der Waals surface area (Å²) >= 11 is 7.31. The number of aromatic nitrogens is 1. The third-order valence-electron chi connectivity index (χ3n) is 4.55.